The standard InChI is InChI=1S/C22H27Cl2FN4O4S/c1-5-26-22(31)15(2)28(13-16-10-11-17(23)18(24)12-16)21(30)14-29(34(32,33)27(3)4)20-9-7-6-8-19(20)25/h6-12,15H,5,13-14H2,1-4H3,(H,26,31)/t15-/m1/s1. The highest BCUT2D eigenvalue weighted by molar-refractivity contribution is 7.90. The van der Waals surface area contributed by atoms with Crippen molar-refractivity contribution in [3.63, 3.8) is 0 Å². The van der Waals surface area contributed by atoms with E-state index in [1.165, 1.54) is 44.1 Å². The Labute approximate surface area is 209 Å². The van der Waals surface area contributed by atoms with Crippen molar-refractivity contribution < 1.29 is 22.4 Å². The first kappa shape index (κ1) is 27.8. The number of carbonyl (C=O) groups is 2. The highest BCUT2D eigenvalue weighted by Gasteiger charge is 2.33. The van der Waals surface area contributed by atoms with Crippen LogP contribution in [-0.4, -0.2) is 62.7 Å². The summed E-state index contributed by atoms with van der Waals surface area (Å²) in [5.41, 5.74) is 0.288. The van der Waals surface area contributed by atoms with Crippen LogP contribution in [0.2, 0.25) is 10.0 Å². The zero-order chi connectivity index (χ0) is 25.6. The number of halogens is 3. The molecule has 2 aromatic rings. The van der Waals surface area contributed by atoms with Crippen molar-refractivity contribution >= 4 is 50.9 Å². The summed E-state index contributed by atoms with van der Waals surface area (Å²) in [6, 6.07) is 9.04. The molecular weight excluding hydrogens is 506 g/mol. The van der Waals surface area contributed by atoms with Gasteiger partial charge in [-0.3, -0.25) is 9.59 Å². The maximum atomic E-state index is 14.6. The molecule has 2 aromatic carbocycles. The Kier molecular flexibility index (Phi) is 9.69. The molecule has 0 radical (unpaired) electrons. The molecule has 0 saturated carbocycles. The molecule has 12 heteroatoms. The molecule has 0 fully saturated rings. The zero-order valence-electron chi connectivity index (χ0n) is 19.3. The number of likely N-dealkylation sites (N-methyl/N-ethyl adjacent to an activating group) is 1. The number of para-hydroxylation sites is 1. The molecule has 0 aliphatic rings. The second-order valence-electron chi connectivity index (χ2n) is 7.59. The first-order valence-corrected chi connectivity index (χ1v) is 12.5. The lowest BCUT2D eigenvalue weighted by molar-refractivity contribution is -0.139. The van der Waals surface area contributed by atoms with Crippen LogP contribution in [0.25, 0.3) is 0 Å². The molecule has 0 unspecified atom stereocenters. The minimum atomic E-state index is -4.24. The van der Waals surface area contributed by atoms with E-state index in [4.69, 9.17) is 23.2 Å². The molecule has 2 amide bonds. The third kappa shape index (κ3) is 6.59. The van der Waals surface area contributed by atoms with Gasteiger partial charge < -0.3 is 10.2 Å². The zero-order valence-corrected chi connectivity index (χ0v) is 21.6. The van der Waals surface area contributed by atoms with Gasteiger partial charge in [0.05, 0.1) is 15.7 Å². The summed E-state index contributed by atoms with van der Waals surface area (Å²) in [5, 5.41) is 3.24. The summed E-state index contributed by atoms with van der Waals surface area (Å²) in [7, 11) is -1.69. The summed E-state index contributed by atoms with van der Waals surface area (Å²) in [5.74, 6) is -1.95. The number of carbonyl (C=O) groups excluding carboxylic acids is 2. The van der Waals surface area contributed by atoms with Gasteiger partial charge in [0.25, 0.3) is 0 Å². The van der Waals surface area contributed by atoms with Crippen LogP contribution in [0.5, 0.6) is 0 Å². The molecule has 8 nitrogen and oxygen atoms in total. The van der Waals surface area contributed by atoms with Crippen LogP contribution in [0.1, 0.15) is 19.4 Å². The van der Waals surface area contributed by atoms with Crippen molar-refractivity contribution in [2.24, 2.45) is 0 Å². The second-order valence-corrected chi connectivity index (χ2v) is 10.5. The topological polar surface area (TPSA) is 90.0 Å². The number of anilines is 1. The average molecular weight is 533 g/mol. The average Bonchev–Trinajstić information content (AvgIpc) is 2.78. The quantitative estimate of drug-likeness (QED) is 0.508. The summed E-state index contributed by atoms with van der Waals surface area (Å²) < 4.78 is 42.1. The van der Waals surface area contributed by atoms with Gasteiger partial charge in [0.2, 0.25) is 11.8 Å². The van der Waals surface area contributed by atoms with Crippen molar-refractivity contribution in [3.8, 4) is 0 Å². The van der Waals surface area contributed by atoms with Gasteiger partial charge in [-0.1, -0.05) is 41.4 Å². The lowest BCUT2D eigenvalue weighted by Gasteiger charge is -2.32. The van der Waals surface area contributed by atoms with Gasteiger partial charge in [-0.05, 0) is 43.7 Å². The third-order valence-electron chi connectivity index (χ3n) is 5.00. The van der Waals surface area contributed by atoms with E-state index in [0.29, 0.717) is 21.4 Å². The second kappa shape index (κ2) is 11.8. The van der Waals surface area contributed by atoms with E-state index in [1.807, 2.05) is 0 Å². The SMILES string of the molecule is CCNC(=O)[C@@H](C)N(Cc1ccc(Cl)c(Cl)c1)C(=O)CN(c1ccccc1F)S(=O)(=O)N(C)C. The fourth-order valence-electron chi connectivity index (χ4n) is 3.10. The molecular formula is C22H27Cl2FN4O4S. The van der Waals surface area contributed by atoms with Crippen LogP contribution in [-0.2, 0) is 26.3 Å². The number of hydrogen-bond acceptors (Lipinski definition) is 4. The molecule has 0 aromatic heterocycles. The predicted molar refractivity (Wildman–Crippen MR) is 132 cm³/mol. The molecule has 0 spiro atoms. The largest absolute Gasteiger partial charge is 0.355 e. The van der Waals surface area contributed by atoms with Gasteiger partial charge >= 0.3 is 10.2 Å². The maximum absolute atomic E-state index is 14.6. The molecule has 1 N–H and O–H groups in total. The van der Waals surface area contributed by atoms with Gasteiger partial charge in [-0.25, -0.2) is 8.70 Å². The molecule has 34 heavy (non-hydrogen) atoms. The lowest BCUT2D eigenvalue weighted by Crippen LogP contribution is -2.52. The van der Waals surface area contributed by atoms with Crippen LogP contribution >= 0.6 is 23.2 Å². The molecule has 0 aliphatic carbocycles. The van der Waals surface area contributed by atoms with Gasteiger partial charge in [0, 0.05) is 27.2 Å². The van der Waals surface area contributed by atoms with Crippen LogP contribution in [0.4, 0.5) is 10.1 Å². The van der Waals surface area contributed by atoms with Crippen molar-refractivity contribution in [1.29, 1.82) is 0 Å². The van der Waals surface area contributed by atoms with Crippen LogP contribution in [0, 0.1) is 5.82 Å². The van der Waals surface area contributed by atoms with Crippen LogP contribution in [0.15, 0.2) is 42.5 Å². The highest BCUT2D eigenvalue weighted by atomic mass is 35.5. The normalized spacial score (nSPS) is 12.4. The molecule has 0 heterocycles. The van der Waals surface area contributed by atoms with Gasteiger partial charge in [0.1, 0.15) is 18.4 Å². The molecule has 0 saturated heterocycles. The Morgan fingerprint density at radius 2 is 1.74 bits per heavy atom. The number of nitrogens with zero attached hydrogens (tertiary/aromatic N) is 3. The first-order valence-electron chi connectivity index (χ1n) is 10.4. The molecule has 0 bridgehead atoms. The number of rotatable bonds is 10. The maximum Gasteiger partial charge on any atom is 0.304 e. The Bertz CT molecular complexity index is 1150. The fraction of sp³-hybridized carbons (Fsp3) is 0.364. The van der Waals surface area contributed by atoms with Crippen molar-refractivity contribution in [2.75, 3.05) is 31.5 Å². The minimum Gasteiger partial charge on any atom is -0.355 e. The van der Waals surface area contributed by atoms with E-state index in [9.17, 15) is 22.4 Å². The summed E-state index contributed by atoms with van der Waals surface area (Å²) in [4.78, 5) is 27.2. The van der Waals surface area contributed by atoms with Crippen LogP contribution in [0.3, 0.4) is 0 Å². The van der Waals surface area contributed by atoms with E-state index in [1.54, 1.807) is 25.1 Å². The molecule has 2 rings (SSSR count). The third-order valence-corrected chi connectivity index (χ3v) is 7.54. The summed E-state index contributed by atoms with van der Waals surface area (Å²) in [6.07, 6.45) is 0. The fourth-order valence-corrected chi connectivity index (χ4v) is 4.48. The lowest BCUT2D eigenvalue weighted by atomic mass is 10.1. The van der Waals surface area contributed by atoms with Crippen molar-refractivity contribution in [3.05, 3.63) is 63.9 Å². The number of nitrogens with one attached hydrogen (secondary N) is 1. The van der Waals surface area contributed by atoms with Gasteiger partial charge in [-0.2, -0.15) is 12.7 Å². The van der Waals surface area contributed by atoms with Crippen LogP contribution < -0.4 is 9.62 Å². The highest BCUT2D eigenvalue weighted by Crippen LogP contribution is 2.26. The first-order chi connectivity index (χ1) is 15.9. The summed E-state index contributed by atoms with van der Waals surface area (Å²) >= 11 is 12.1. The van der Waals surface area contributed by atoms with E-state index >= 15 is 0 Å². The smallest absolute Gasteiger partial charge is 0.304 e. The van der Waals surface area contributed by atoms with Crippen molar-refractivity contribution in [2.45, 2.75) is 26.4 Å². The Balaban J connectivity index is 2.48. The van der Waals surface area contributed by atoms with E-state index in [2.05, 4.69) is 5.32 Å². The Morgan fingerprint density at radius 3 is 2.29 bits per heavy atom. The van der Waals surface area contributed by atoms with Crippen molar-refractivity contribution in [1.82, 2.24) is 14.5 Å². The van der Waals surface area contributed by atoms with Gasteiger partial charge in [-0.15, -0.1) is 0 Å². The molecule has 186 valence electrons. The number of amides is 2. The monoisotopic (exact) mass is 532 g/mol. The van der Waals surface area contributed by atoms with E-state index in [0.717, 1.165) is 10.4 Å². The Morgan fingerprint density at radius 1 is 1.09 bits per heavy atom. The number of benzene rings is 2. The minimum absolute atomic E-state index is 0.0544. The summed E-state index contributed by atoms with van der Waals surface area (Å²) in [6.45, 7) is 2.82. The Hall–Kier alpha value is -2.40. The predicted octanol–water partition coefficient (Wildman–Crippen LogP) is 3.30. The van der Waals surface area contributed by atoms with E-state index < -0.39 is 40.4 Å². The molecule has 1 atom stereocenters. The van der Waals surface area contributed by atoms with E-state index in [-0.39, 0.29) is 17.3 Å². The van der Waals surface area contributed by atoms with Gasteiger partial charge in [0.15, 0.2) is 0 Å². The number of hydrogen-bond donors (Lipinski definition) is 1. The molecule has 0 aliphatic heterocycles.